The summed E-state index contributed by atoms with van der Waals surface area (Å²) in [7, 11) is 0. The standard InChI is InChI=1S/C32H18BrClN8/c33-24-22(34)14-13-21-23(24)32-41-30-20-12-6-5-11-19(20)28(39-30)37-26-16-8-2-1-7-15(16)25(35-26)36-27-17-9-3-4-10-18(17)29(38-27)40-31(21)42-32/h1-14H,(H4,35,36,37,38,39,40,41,42). The van der Waals surface area contributed by atoms with Gasteiger partial charge in [0.1, 0.15) is 45.2 Å². The highest BCUT2D eigenvalue weighted by Crippen LogP contribution is 2.41. The maximum atomic E-state index is 6.57. The van der Waals surface area contributed by atoms with Crippen LogP contribution in [-0.2, 0) is 0 Å². The Hall–Kier alpha value is -4.99. The zero-order valence-electron chi connectivity index (χ0n) is 21.6. The van der Waals surface area contributed by atoms with Crippen molar-refractivity contribution in [1.82, 2.24) is 19.9 Å². The molecule has 0 spiro atoms. The van der Waals surface area contributed by atoms with Crippen LogP contribution in [0.2, 0.25) is 5.02 Å². The average Bonchev–Trinajstić information content (AvgIpc) is 3.74. The van der Waals surface area contributed by atoms with Crippen molar-refractivity contribution >= 4 is 93.9 Å². The minimum absolute atomic E-state index is 0.586. The normalized spacial score (nSPS) is 12.8. The maximum absolute atomic E-state index is 6.57. The smallest absolute Gasteiger partial charge is 0.143 e. The molecule has 0 unspecified atom stereocenters. The Bertz CT molecular complexity index is 2670. The number of H-pyrrole nitrogens is 4. The van der Waals surface area contributed by atoms with Crippen LogP contribution in [0.3, 0.4) is 0 Å². The van der Waals surface area contributed by atoms with Gasteiger partial charge in [-0.2, -0.15) is 0 Å². The van der Waals surface area contributed by atoms with Crippen LogP contribution in [0.1, 0.15) is 0 Å². The van der Waals surface area contributed by atoms with Crippen molar-refractivity contribution in [2.75, 3.05) is 0 Å². The molecule has 1 aliphatic rings. The number of aromatic amines is 4. The van der Waals surface area contributed by atoms with E-state index in [0.717, 1.165) is 47.6 Å². The molecule has 0 saturated heterocycles. The maximum Gasteiger partial charge on any atom is 0.143 e. The van der Waals surface area contributed by atoms with Crippen molar-refractivity contribution in [3.05, 3.63) is 116 Å². The monoisotopic (exact) mass is 628 g/mol. The third-order valence-corrected chi connectivity index (χ3v) is 9.11. The highest BCUT2D eigenvalue weighted by Gasteiger charge is 2.17. The van der Waals surface area contributed by atoms with E-state index >= 15 is 0 Å². The minimum Gasteiger partial charge on any atom is -0.324 e. The fourth-order valence-corrected chi connectivity index (χ4v) is 6.49. The van der Waals surface area contributed by atoms with Crippen LogP contribution in [0, 0.1) is 0 Å². The summed E-state index contributed by atoms with van der Waals surface area (Å²) < 4.78 is 0.744. The van der Waals surface area contributed by atoms with Crippen molar-refractivity contribution in [1.29, 1.82) is 0 Å². The molecular weight excluding hydrogens is 612 g/mol. The van der Waals surface area contributed by atoms with Gasteiger partial charge in [0.25, 0.3) is 0 Å². The zero-order chi connectivity index (χ0) is 27.9. The molecule has 4 aromatic carbocycles. The van der Waals surface area contributed by atoms with Gasteiger partial charge in [0.2, 0.25) is 0 Å². The Labute approximate surface area is 249 Å². The van der Waals surface area contributed by atoms with Crippen LogP contribution >= 0.6 is 27.5 Å². The zero-order valence-corrected chi connectivity index (χ0v) is 24.0. The molecule has 42 heavy (non-hydrogen) atoms. The van der Waals surface area contributed by atoms with Gasteiger partial charge in [-0.05, 0) is 28.1 Å². The largest absolute Gasteiger partial charge is 0.324 e. The van der Waals surface area contributed by atoms with Gasteiger partial charge in [0.15, 0.2) is 0 Å². The Kier molecular flexibility index (Phi) is 4.94. The Morgan fingerprint density at radius 2 is 0.810 bits per heavy atom. The third kappa shape index (κ3) is 3.41. The molecule has 10 heteroatoms. The number of fused-ring (bicyclic) bond motifs is 20. The van der Waals surface area contributed by atoms with Crippen LogP contribution in [0.15, 0.2) is 109 Å². The summed E-state index contributed by atoms with van der Waals surface area (Å²) in [5.74, 6) is 2.69. The van der Waals surface area contributed by atoms with Crippen molar-refractivity contribution < 1.29 is 0 Å². The fourth-order valence-electron chi connectivity index (χ4n) is 5.80. The number of aromatic nitrogens is 4. The molecule has 0 radical (unpaired) electrons. The first kappa shape index (κ1) is 23.7. The molecule has 4 aromatic heterocycles. The summed E-state index contributed by atoms with van der Waals surface area (Å²) in [4.78, 5) is 34.2. The van der Waals surface area contributed by atoms with Gasteiger partial charge < -0.3 is 19.9 Å². The molecule has 0 saturated carbocycles. The quantitative estimate of drug-likeness (QED) is 0.137. The molecule has 8 bridgehead atoms. The predicted octanol–water partition coefficient (Wildman–Crippen LogP) is 7.15. The first-order chi connectivity index (χ1) is 20.6. The predicted molar refractivity (Wildman–Crippen MR) is 169 cm³/mol. The van der Waals surface area contributed by atoms with Crippen molar-refractivity contribution in [2.24, 2.45) is 20.0 Å². The van der Waals surface area contributed by atoms with Gasteiger partial charge in [-0.25, -0.2) is 20.0 Å². The molecular formula is C32H18BrClN8. The molecule has 200 valence electrons. The summed E-state index contributed by atoms with van der Waals surface area (Å²) in [6.07, 6.45) is 0. The van der Waals surface area contributed by atoms with Crippen LogP contribution in [0.4, 0.5) is 23.3 Å². The number of halogens is 2. The molecule has 1 aliphatic heterocycles. The molecule has 9 rings (SSSR count). The van der Waals surface area contributed by atoms with E-state index in [2.05, 4.69) is 48.0 Å². The Morgan fingerprint density at radius 3 is 1.29 bits per heavy atom. The van der Waals surface area contributed by atoms with Crippen LogP contribution in [-0.4, -0.2) is 19.9 Å². The lowest BCUT2D eigenvalue weighted by Gasteiger charge is -1.99. The van der Waals surface area contributed by atoms with Crippen LogP contribution in [0.5, 0.6) is 0 Å². The second-order valence-corrected chi connectivity index (χ2v) is 11.4. The molecule has 0 fully saturated rings. The highest BCUT2D eigenvalue weighted by atomic mass is 79.9. The molecule has 0 aliphatic carbocycles. The van der Waals surface area contributed by atoms with Gasteiger partial charge in [0.05, 0.1) is 5.02 Å². The number of nitrogens with zero attached hydrogens (tertiary/aromatic N) is 4. The first-order valence-electron chi connectivity index (χ1n) is 13.3. The average molecular weight is 630 g/mol. The number of hydrogen-bond acceptors (Lipinski definition) is 4. The molecule has 0 amide bonds. The van der Waals surface area contributed by atoms with Gasteiger partial charge in [-0.3, -0.25) is 0 Å². The topological polar surface area (TPSA) is 113 Å². The Balaban J connectivity index is 1.52. The van der Waals surface area contributed by atoms with E-state index in [4.69, 9.17) is 31.6 Å². The summed E-state index contributed by atoms with van der Waals surface area (Å²) in [5, 5.41) is 8.06. The lowest BCUT2D eigenvalue weighted by Crippen LogP contribution is -2.10. The van der Waals surface area contributed by atoms with Gasteiger partial charge >= 0.3 is 0 Å². The van der Waals surface area contributed by atoms with Crippen molar-refractivity contribution in [3.8, 4) is 0 Å². The fraction of sp³-hybridized carbons (Fsp3) is 0. The van der Waals surface area contributed by atoms with Crippen LogP contribution in [0.25, 0.3) is 43.1 Å². The number of rotatable bonds is 0. The van der Waals surface area contributed by atoms with Crippen LogP contribution < -0.4 is 22.0 Å². The highest BCUT2D eigenvalue weighted by molar-refractivity contribution is 9.10. The minimum atomic E-state index is 0.586. The lowest BCUT2D eigenvalue weighted by atomic mass is 10.2. The SMILES string of the molecule is Clc1ccc2c3[nH]c(c2c1Br)N=c1[nH]c(c2ccccc12)=Nc1[nH]c(c2ccccc12)N=c1[nH]c(c2ccccc12)=N3. The number of hydrogen-bond donors (Lipinski definition) is 4. The van der Waals surface area contributed by atoms with E-state index in [0.29, 0.717) is 50.2 Å². The summed E-state index contributed by atoms with van der Waals surface area (Å²) in [6.45, 7) is 0. The molecule has 4 N–H and O–H groups in total. The molecule has 5 heterocycles. The molecule has 8 nitrogen and oxygen atoms in total. The van der Waals surface area contributed by atoms with E-state index in [-0.39, 0.29) is 0 Å². The second kappa shape index (κ2) is 8.75. The second-order valence-electron chi connectivity index (χ2n) is 10.2. The van der Waals surface area contributed by atoms with Gasteiger partial charge in [-0.1, -0.05) is 84.4 Å². The van der Waals surface area contributed by atoms with Crippen molar-refractivity contribution in [3.63, 3.8) is 0 Å². The molecule has 0 atom stereocenters. The van der Waals surface area contributed by atoms with Gasteiger partial charge in [0, 0.05) is 47.6 Å². The van der Waals surface area contributed by atoms with E-state index in [1.165, 1.54) is 0 Å². The Morgan fingerprint density at radius 1 is 0.429 bits per heavy atom. The summed E-state index contributed by atoms with van der Waals surface area (Å²) >= 11 is 10.3. The third-order valence-electron chi connectivity index (χ3n) is 7.74. The van der Waals surface area contributed by atoms with Gasteiger partial charge in [-0.15, -0.1) is 0 Å². The van der Waals surface area contributed by atoms with E-state index < -0.39 is 0 Å². The first-order valence-corrected chi connectivity index (χ1v) is 14.5. The van der Waals surface area contributed by atoms with Crippen molar-refractivity contribution in [2.45, 2.75) is 0 Å². The lowest BCUT2D eigenvalue weighted by molar-refractivity contribution is 1.08. The van der Waals surface area contributed by atoms with E-state index in [1.807, 2.05) is 72.8 Å². The number of nitrogens with one attached hydrogen (secondary N) is 4. The number of benzene rings is 4. The molecule has 8 aromatic rings. The summed E-state index contributed by atoms with van der Waals surface area (Å²) in [5.41, 5.74) is 2.75. The summed E-state index contributed by atoms with van der Waals surface area (Å²) in [6, 6.07) is 28.1. The van der Waals surface area contributed by atoms with E-state index in [1.54, 1.807) is 0 Å². The van der Waals surface area contributed by atoms with E-state index in [9.17, 15) is 0 Å².